The summed E-state index contributed by atoms with van der Waals surface area (Å²) >= 11 is 0. The summed E-state index contributed by atoms with van der Waals surface area (Å²) in [6, 6.07) is 60.6. The molecule has 57 heavy (non-hydrogen) atoms. The third kappa shape index (κ3) is 5.58. The highest BCUT2D eigenvalue weighted by Crippen LogP contribution is 2.40. The lowest BCUT2D eigenvalue weighted by Gasteiger charge is -2.12. The zero-order chi connectivity index (χ0) is 38.0. The number of fused-ring (bicyclic) bond motifs is 7. The molecule has 0 saturated heterocycles. The summed E-state index contributed by atoms with van der Waals surface area (Å²) in [6.07, 6.45) is 7.60. The van der Waals surface area contributed by atoms with E-state index < -0.39 is 0 Å². The van der Waals surface area contributed by atoms with Crippen LogP contribution in [0.25, 0.3) is 104 Å². The summed E-state index contributed by atoms with van der Waals surface area (Å²) in [5, 5.41) is 9.88. The monoisotopic (exact) mass is 727 g/mol. The van der Waals surface area contributed by atoms with E-state index in [1.165, 1.54) is 110 Å². The van der Waals surface area contributed by atoms with Gasteiger partial charge in [0.05, 0.1) is 11.0 Å². The Morgan fingerprint density at radius 2 is 0.807 bits per heavy atom. The Morgan fingerprint density at radius 3 is 1.37 bits per heavy atom. The van der Waals surface area contributed by atoms with Crippen LogP contribution < -0.4 is 0 Å². The van der Waals surface area contributed by atoms with Crippen LogP contribution in [0.3, 0.4) is 0 Å². The van der Waals surface area contributed by atoms with Crippen LogP contribution in [0.5, 0.6) is 0 Å². The van der Waals surface area contributed by atoms with Gasteiger partial charge in [0.25, 0.3) is 0 Å². The third-order valence-electron chi connectivity index (χ3n) is 11.8. The predicted octanol–water partition coefficient (Wildman–Crippen LogP) is 14.3. The van der Waals surface area contributed by atoms with Crippen LogP contribution in [-0.2, 0) is 0 Å². The van der Waals surface area contributed by atoms with E-state index in [2.05, 4.69) is 192 Å². The summed E-state index contributed by atoms with van der Waals surface area (Å²) in [5.74, 6) is 0. The number of benzene rings is 8. The van der Waals surface area contributed by atoms with E-state index in [1.54, 1.807) is 0 Å². The lowest BCUT2D eigenvalue weighted by molar-refractivity contribution is 1.19. The Balaban J connectivity index is 1.01. The number of hydrogen-bond acceptors (Lipinski definition) is 2. The summed E-state index contributed by atoms with van der Waals surface area (Å²) in [4.78, 5) is 8.56. The molecule has 268 valence electrons. The van der Waals surface area contributed by atoms with Gasteiger partial charge in [-0.2, -0.15) is 0 Å². The standard InChI is InChI=1S/C54H37N3/c1-34-32-55-24-22-48(34)44-14-12-37-26-36(8-10-40(37)28-44)42-16-19-50-46(30-42)18-21-52-51-20-17-43(31-53(51)57(54(50)52)47-6-4-3-5-7-47)39-9-11-41-29-45(15-13-38(41)27-39)49-23-25-56-33-35(49)2/h3-33H,1-2H3. The topological polar surface area (TPSA) is 30.7 Å². The zero-order valence-corrected chi connectivity index (χ0v) is 31.7. The van der Waals surface area contributed by atoms with Crippen molar-refractivity contribution in [3.8, 4) is 50.2 Å². The normalized spacial score (nSPS) is 11.7. The SMILES string of the molecule is Cc1cnccc1-c1ccc2cc(-c3ccc4c(ccc5c6ccc(-c7ccc8cc(-c9ccncc9C)ccc8c7)cc6n(-c6ccccc6)c45)c3)ccc2c1. The van der Waals surface area contributed by atoms with Gasteiger partial charge in [0.1, 0.15) is 0 Å². The molecule has 0 unspecified atom stereocenters. The average Bonchev–Trinajstić information content (AvgIpc) is 3.60. The van der Waals surface area contributed by atoms with Gasteiger partial charge in [0.15, 0.2) is 0 Å². The molecule has 0 fully saturated rings. The fourth-order valence-electron chi connectivity index (χ4n) is 8.82. The molecular formula is C54H37N3. The van der Waals surface area contributed by atoms with Crippen molar-refractivity contribution in [3.63, 3.8) is 0 Å². The van der Waals surface area contributed by atoms with Gasteiger partial charge in [-0.1, -0.05) is 103 Å². The van der Waals surface area contributed by atoms with Crippen molar-refractivity contribution < 1.29 is 0 Å². The molecule has 11 aromatic rings. The smallest absolute Gasteiger partial charge is 0.0619 e. The second-order valence-corrected chi connectivity index (χ2v) is 15.2. The van der Waals surface area contributed by atoms with Crippen LogP contribution in [0.15, 0.2) is 189 Å². The number of hydrogen-bond donors (Lipinski definition) is 0. The first-order valence-corrected chi connectivity index (χ1v) is 19.5. The maximum absolute atomic E-state index is 4.28. The van der Waals surface area contributed by atoms with Crippen molar-refractivity contribution in [2.45, 2.75) is 13.8 Å². The molecule has 11 rings (SSSR count). The lowest BCUT2D eigenvalue weighted by Crippen LogP contribution is -1.94. The maximum atomic E-state index is 4.28. The first kappa shape index (κ1) is 33.0. The van der Waals surface area contributed by atoms with E-state index in [0.29, 0.717) is 0 Å². The molecule has 3 nitrogen and oxygen atoms in total. The first-order chi connectivity index (χ1) is 28.1. The molecule has 0 radical (unpaired) electrons. The van der Waals surface area contributed by atoms with Gasteiger partial charge < -0.3 is 4.57 Å². The van der Waals surface area contributed by atoms with E-state index in [0.717, 1.165) is 5.69 Å². The van der Waals surface area contributed by atoms with Crippen LogP contribution in [0, 0.1) is 13.8 Å². The molecule has 3 heterocycles. The minimum absolute atomic E-state index is 1.15. The minimum Gasteiger partial charge on any atom is -0.309 e. The van der Waals surface area contributed by atoms with Crippen molar-refractivity contribution in [2.75, 3.05) is 0 Å². The van der Waals surface area contributed by atoms with Gasteiger partial charge in [0.2, 0.25) is 0 Å². The zero-order valence-electron chi connectivity index (χ0n) is 31.7. The van der Waals surface area contributed by atoms with Gasteiger partial charge in [0, 0.05) is 46.6 Å². The van der Waals surface area contributed by atoms with Gasteiger partial charge in [-0.25, -0.2) is 0 Å². The Morgan fingerprint density at radius 1 is 0.368 bits per heavy atom. The lowest BCUT2D eigenvalue weighted by atomic mass is 9.95. The van der Waals surface area contributed by atoms with E-state index in [9.17, 15) is 0 Å². The first-order valence-electron chi connectivity index (χ1n) is 19.5. The Hall–Kier alpha value is -7.36. The van der Waals surface area contributed by atoms with E-state index in [-0.39, 0.29) is 0 Å². The highest BCUT2D eigenvalue weighted by Gasteiger charge is 2.17. The maximum Gasteiger partial charge on any atom is 0.0619 e. The molecule has 0 aliphatic heterocycles. The van der Waals surface area contributed by atoms with Crippen LogP contribution >= 0.6 is 0 Å². The number of pyridine rings is 2. The average molecular weight is 728 g/mol. The molecule has 3 aromatic heterocycles. The second-order valence-electron chi connectivity index (χ2n) is 15.2. The molecule has 0 spiro atoms. The number of para-hydroxylation sites is 1. The summed E-state index contributed by atoms with van der Waals surface area (Å²) in [5.41, 5.74) is 15.6. The van der Waals surface area contributed by atoms with Gasteiger partial charge in [-0.15, -0.1) is 0 Å². The van der Waals surface area contributed by atoms with Crippen LogP contribution in [-0.4, -0.2) is 14.5 Å². The fraction of sp³-hybridized carbons (Fsp3) is 0.0370. The van der Waals surface area contributed by atoms with Crippen molar-refractivity contribution >= 4 is 54.1 Å². The van der Waals surface area contributed by atoms with Crippen molar-refractivity contribution in [3.05, 3.63) is 200 Å². The van der Waals surface area contributed by atoms with Crippen LogP contribution in [0.1, 0.15) is 11.1 Å². The largest absolute Gasteiger partial charge is 0.309 e. The van der Waals surface area contributed by atoms with Gasteiger partial charge in [-0.05, 0) is 157 Å². The van der Waals surface area contributed by atoms with Crippen LogP contribution in [0.2, 0.25) is 0 Å². The van der Waals surface area contributed by atoms with Gasteiger partial charge in [-0.3, -0.25) is 9.97 Å². The molecule has 0 bridgehead atoms. The molecule has 0 aliphatic rings. The highest BCUT2D eigenvalue weighted by molar-refractivity contribution is 6.19. The van der Waals surface area contributed by atoms with Crippen molar-refractivity contribution in [1.29, 1.82) is 0 Å². The Labute approximate surface area is 331 Å². The molecule has 0 atom stereocenters. The summed E-state index contributed by atoms with van der Waals surface area (Å²) in [6.45, 7) is 4.24. The molecule has 0 N–H and O–H groups in total. The van der Waals surface area contributed by atoms with Crippen molar-refractivity contribution in [2.24, 2.45) is 0 Å². The molecule has 3 heteroatoms. The Bertz CT molecular complexity index is 3370. The molecule has 0 amide bonds. The number of nitrogens with zero attached hydrogens (tertiary/aromatic N) is 3. The fourth-order valence-corrected chi connectivity index (χ4v) is 8.82. The van der Waals surface area contributed by atoms with Gasteiger partial charge >= 0.3 is 0 Å². The highest BCUT2D eigenvalue weighted by atomic mass is 15.0. The second kappa shape index (κ2) is 13.1. The summed E-state index contributed by atoms with van der Waals surface area (Å²) in [7, 11) is 0. The van der Waals surface area contributed by atoms with Crippen LogP contribution in [0.4, 0.5) is 0 Å². The third-order valence-corrected chi connectivity index (χ3v) is 11.8. The summed E-state index contributed by atoms with van der Waals surface area (Å²) < 4.78 is 2.46. The molecule has 0 saturated carbocycles. The van der Waals surface area contributed by atoms with E-state index in [4.69, 9.17) is 0 Å². The number of aromatic nitrogens is 3. The van der Waals surface area contributed by atoms with Crippen molar-refractivity contribution in [1.82, 2.24) is 14.5 Å². The number of aryl methyl sites for hydroxylation is 2. The van der Waals surface area contributed by atoms with E-state index in [1.807, 2.05) is 24.8 Å². The molecule has 8 aromatic carbocycles. The van der Waals surface area contributed by atoms with E-state index >= 15 is 0 Å². The molecular weight excluding hydrogens is 691 g/mol. The number of rotatable bonds is 5. The quantitative estimate of drug-likeness (QED) is 0.177. The minimum atomic E-state index is 1.15. The predicted molar refractivity (Wildman–Crippen MR) is 240 cm³/mol. The molecule has 0 aliphatic carbocycles. The Kier molecular flexibility index (Phi) is 7.61.